The Morgan fingerprint density at radius 2 is 2.05 bits per heavy atom. The number of nitro benzene ring substituents is 1. The maximum absolute atomic E-state index is 11.5. The Kier molecular flexibility index (Phi) is 4.62. The Morgan fingerprint density at radius 3 is 2.65 bits per heavy atom. The lowest BCUT2D eigenvalue weighted by atomic mass is 10.2. The molecule has 0 amide bonds. The molecular weight excluding hydrogens is 278 g/mol. The van der Waals surface area contributed by atoms with E-state index in [2.05, 4.69) is 0 Å². The summed E-state index contributed by atoms with van der Waals surface area (Å²) < 4.78 is 5.04. The molecule has 0 radical (unpaired) electrons. The Morgan fingerprint density at radius 1 is 1.30 bits per heavy atom. The third-order valence-electron chi connectivity index (χ3n) is 2.46. The molecule has 0 N–H and O–H groups in total. The molecule has 0 aliphatic heterocycles. The molecule has 0 saturated carbocycles. The number of non-ortho nitro benzene ring substituents is 1. The van der Waals surface area contributed by atoms with Crippen LogP contribution in [0.4, 0.5) is 5.69 Å². The standard InChI is InChI=1S/C14H11NO4S/c16-14(8-7-13-2-1-9-20-13)19-10-11-3-5-12(6-4-11)15(17)18/h1-9H,10H2/b8-7+. The molecule has 20 heavy (non-hydrogen) atoms. The maximum Gasteiger partial charge on any atom is 0.331 e. The molecule has 0 bridgehead atoms. The van der Waals surface area contributed by atoms with Crippen molar-refractivity contribution in [2.45, 2.75) is 6.61 Å². The highest BCUT2D eigenvalue weighted by atomic mass is 32.1. The van der Waals surface area contributed by atoms with Crippen LogP contribution >= 0.6 is 11.3 Å². The summed E-state index contributed by atoms with van der Waals surface area (Å²) in [5, 5.41) is 12.4. The Balaban J connectivity index is 1.85. The van der Waals surface area contributed by atoms with E-state index in [1.165, 1.54) is 29.5 Å². The summed E-state index contributed by atoms with van der Waals surface area (Å²) in [7, 11) is 0. The van der Waals surface area contributed by atoms with E-state index >= 15 is 0 Å². The fourth-order valence-corrected chi connectivity index (χ4v) is 2.07. The van der Waals surface area contributed by atoms with E-state index < -0.39 is 10.9 Å². The number of esters is 1. The van der Waals surface area contributed by atoms with Crippen LogP contribution in [0.15, 0.2) is 47.9 Å². The van der Waals surface area contributed by atoms with E-state index in [0.29, 0.717) is 5.56 Å². The molecule has 1 aromatic heterocycles. The van der Waals surface area contributed by atoms with Gasteiger partial charge in [-0.3, -0.25) is 10.1 Å². The van der Waals surface area contributed by atoms with Crippen molar-refractivity contribution >= 4 is 29.1 Å². The molecule has 6 heteroatoms. The highest BCUT2D eigenvalue weighted by Gasteiger charge is 2.05. The topological polar surface area (TPSA) is 69.4 Å². The molecule has 0 spiro atoms. The lowest BCUT2D eigenvalue weighted by Crippen LogP contribution is -2.00. The minimum Gasteiger partial charge on any atom is -0.458 e. The molecule has 102 valence electrons. The summed E-state index contributed by atoms with van der Waals surface area (Å²) in [5.74, 6) is -0.447. The lowest BCUT2D eigenvalue weighted by molar-refractivity contribution is -0.384. The minimum absolute atomic E-state index is 0.0117. The van der Waals surface area contributed by atoms with Crippen molar-refractivity contribution in [3.05, 3.63) is 68.4 Å². The normalized spacial score (nSPS) is 10.6. The highest BCUT2D eigenvalue weighted by molar-refractivity contribution is 7.10. The number of thiophene rings is 1. The minimum atomic E-state index is -0.473. The number of benzene rings is 1. The summed E-state index contributed by atoms with van der Waals surface area (Å²) in [6.45, 7) is 0.0889. The van der Waals surface area contributed by atoms with Gasteiger partial charge in [0.25, 0.3) is 5.69 Å². The molecule has 2 aromatic rings. The summed E-state index contributed by atoms with van der Waals surface area (Å²) in [4.78, 5) is 22.5. The van der Waals surface area contributed by atoms with Gasteiger partial charge in [0.05, 0.1) is 4.92 Å². The molecule has 1 aromatic carbocycles. The van der Waals surface area contributed by atoms with Gasteiger partial charge in [-0.15, -0.1) is 11.3 Å². The number of hydrogen-bond donors (Lipinski definition) is 0. The van der Waals surface area contributed by atoms with Crippen LogP contribution < -0.4 is 0 Å². The van der Waals surface area contributed by atoms with Gasteiger partial charge in [-0.1, -0.05) is 6.07 Å². The first-order valence-corrected chi connectivity index (χ1v) is 6.65. The monoisotopic (exact) mass is 289 g/mol. The third kappa shape index (κ3) is 4.03. The van der Waals surface area contributed by atoms with Crippen LogP contribution in [0.2, 0.25) is 0 Å². The average molecular weight is 289 g/mol. The van der Waals surface area contributed by atoms with Gasteiger partial charge in [0.15, 0.2) is 0 Å². The molecular formula is C14H11NO4S. The number of nitrogens with zero attached hydrogens (tertiary/aromatic N) is 1. The Bertz CT molecular complexity index is 617. The van der Waals surface area contributed by atoms with Crippen LogP contribution in [0, 0.1) is 10.1 Å². The zero-order valence-electron chi connectivity index (χ0n) is 10.4. The molecule has 5 nitrogen and oxygen atoms in total. The molecule has 0 atom stereocenters. The molecule has 0 fully saturated rings. The highest BCUT2D eigenvalue weighted by Crippen LogP contribution is 2.13. The number of hydrogen-bond acceptors (Lipinski definition) is 5. The van der Waals surface area contributed by atoms with Crippen LogP contribution in [-0.4, -0.2) is 10.9 Å². The average Bonchev–Trinajstić information content (AvgIpc) is 2.96. The molecule has 0 unspecified atom stereocenters. The van der Waals surface area contributed by atoms with E-state index in [1.807, 2.05) is 17.5 Å². The van der Waals surface area contributed by atoms with Crippen molar-refractivity contribution in [2.24, 2.45) is 0 Å². The summed E-state index contributed by atoms with van der Waals surface area (Å²) >= 11 is 1.53. The van der Waals surface area contributed by atoms with Gasteiger partial charge in [-0.05, 0) is 35.2 Å². The van der Waals surface area contributed by atoms with Crippen molar-refractivity contribution in [2.75, 3.05) is 0 Å². The van der Waals surface area contributed by atoms with Gasteiger partial charge >= 0.3 is 5.97 Å². The lowest BCUT2D eigenvalue weighted by Gasteiger charge is -2.01. The maximum atomic E-state index is 11.5. The first-order chi connectivity index (χ1) is 9.65. The molecule has 0 aliphatic rings. The predicted octanol–water partition coefficient (Wildman–Crippen LogP) is 3.41. The quantitative estimate of drug-likeness (QED) is 0.366. The van der Waals surface area contributed by atoms with E-state index in [9.17, 15) is 14.9 Å². The van der Waals surface area contributed by atoms with Crippen molar-refractivity contribution in [3.63, 3.8) is 0 Å². The second kappa shape index (κ2) is 6.63. The zero-order chi connectivity index (χ0) is 14.4. The fourth-order valence-electron chi connectivity index (χ4n) is 1.45. The number of rotatable bonds is 5. The number of ether oxygens (including phenoxy) is 1. The summed E-state index contributed by atoms with van der Waals surface area (Å²) in [5.41, 5.74) is 0.714. The van der Waals surface area contributed by atoms with Crippen molar-refractivity contribution in [1.29, 1.82) is 0 Å². The number of carbonyl (C=O) groups is 1. The van der Waals surface area contributed by atoms with E-state index in [-0.39, 0.29) is 12.3 Å². The third-order valence-corrected chi connectivity index (χ3v) is 3.29. The van der Waals surface area contributed by atoms with Crippen LogP contribution in [0.1, 0.15) is 10.4 Å². The van der Waals surface area contributed by atoms with Gasteiger partial charge < -0.3 is 4.74 Å². The van der Waals surface area contributed by atoms with Crippen molar-refractivity contribution in [1.82, 2.24) is 0 Å². The fraction of sp³-hybridized carbons (Fsp3) is 0.0714. The zero-order valence-corrected chi connectivity index (χ0v) is 11.2. The second-order valence-corrected chi connectivity index (χ2v) is 4.86. The van der Waals surface area contributed by atoms with Gasteiger partial charge in [0.1, 0.15) is 6.61 Å². The second-order valence-electron chi connectivity index (χ2n) is 3.88. The van der Waals surface area contributed by atoms with Gasteiger partial charge in [0.2, 0.25) is 0 Å². The van der Waals surface area contributed by atoms with Crippen LogP contribution in [-0.2, 0) is 16.1 Å². The first-order valence-electron chi connectivity index (χ1n) is 5.77. The SMILES string of the molecule is O=C(/C=C/c1cccs1)OCc1ccc([N+](=O)[O-])cc1. The molecule has 0 aliphatic carbocycles. The van der Waals surface area contributed by atoms with Crippen LogP contribution in [0.5, 0.6) is 0 Å². The van der Waals surface area contributed by atoms with E-state index in [4.69, 9.17) is 4.74 Å². The number of carbonyl (C=O) groups excluding carboxylic acids is 1. The Hall–Kier alpha value is -2.47. The summed E-state index contributed by atoms with van der Waals surface area (Å²) in [6, 6.07) is 9.68. The van der Waals surface area contributed by atoms with E-state index in [1.54, 1.807) is 18.2 Å². The van der Waals surface area contributed by atoms with Gasteiger partial charge in [-0.2, -0.15) is 0 Å². The molecule has 2 rings (SSSR count). The van der Waals surface area contributed by atoms with Crippen LogP contribution in [0.25, 0.3) is 6.08 Å². The van der Waals surface area contributed by atoms with Crippen LogP contribution in [0.3, 0.4) is 0 Å². The number of nitro groups is 1. The summed E-state index contributed by atoms with van der Waals surface area (Å²) in [6.07, 6.45) is 3.04. The van der Waals surface area contributed by atoms with Crippen molar-refractivity contribution in [3.8, 4) is 0 Å². The smallest absolute Gasteiger partial charge is 0.331 e. The van der Waals surface area contributed by atoms with Gasteiger partial charge in [-0.25, -0.2) is 4.79 Å². The molecule has 0 saturated heterocycles. The van der Waals surface area contributed by atoms with Crippen molar-refractivity contribution < 1.29 is 14.5 Å². The largest absolute Gasteiger partial charge is 0.458 e. The Labute approximate surface area is 119 Å². The first kappa shape index (κ1) is 14.0. The predicted molar refractivity (Wildman–Crippen MR) is 76.2 cm³/mol. The molecule has 1 heterocycles. The van der Waals surface area contributed by atoms with E-state index in [0.717, 1.165) is 4.88 Å². The van der Waals surface area contributed by atoms with Gasteiger partial charge in [0, 0.05) is 23.1 Å².